The minimum absolute atomic E-state index is 0.154. The average molecular weight is 266 g/mol. The predicted octanol–water partition coefficient (Wildman–Crippen LogP) is 4.11. The molecule has 1 unspecified atom stereocenters. The Labute approximate surface area is 112 Å². The summed E-state index contributed by atoms with van der Waals surface area (Å²) in [5, 5.41) is 14.1. The van der Waals surface area contributed by atoms with Gasteiger partial charge in [-0.3, -0.25) is 10.1 Å². The summed E-state index contributed by atoms with van der Waals surface area (Å²) in [6, 6.07) is 4.26. The highest BCUT2D eigenvalue weighted by Gasteiger charge is 2.32. The quantitative estimate of drug-likeness (QED) is 0.661. The Morgan fingerprint density at radius 1 is 1.42 bits per heavy atom. The van der Waals surface area contributed by atoms with E-state index in [1.807, 2.05) is 0 Å². The Bertz CT molecular complexity index is 488. The van der Waals surface area contributed by atoms with Gasteiger partial charge in [-0.05, 0) is 30.4 Å². The van der Waals surface area contributed by atoms with Gasteiger partial charge < -0.3 is 5.32 Å². The Morgan fingerprint density at radius 2 is 2.16 bits per heavy atom. The molecule has 1 aliphatic carbocycles. The molecule has 19 heavy (non-hydrogen) atoms. The molecule has 1 fully saturated rings. The second kappa shape index (κ2) is 5.15. The second-order valence-corrected chi connectivity index (χ2v) is 5.85. The largest absolute Gasteiger partial charge is 0.382 e. The van der Waals surface area contributed by atoms with Crippen LogP contribution in [0.4, 0.5) is 15.8 Å². The van der Waals surface area contributed by atoms with Crippen molar-refractivity contribution in [2.45, 2.75) is 45.6 Å². The number of anilines is 1. The van der Waals surface area contributed by atoms with E-state index >= 15 is 0 Å². The summed E-state index contributed by atoms with van der Waals surface area (Å²) in [6.45, 7) is 4.39. The maximum absolute atomic E-state index is 13.3. The second-order valence-electron chi connectivity index (χ2n) is 5.85. The number of rotatable bonds is 3. The van der Waals surface area contributed by atoms with E-state index < -0.39 is 16.4 Å². The monoisotopic (exact) mass is 266 g/mol. The zero-order valence-electron chi connectivity index (χ0n) is 11.3. The highest BCUT2D eigenvalue weighted by molar-refractivity contribution is 5.52. The molecular weight excluding hydrogens is 247 g/mol. The minimum Gasteiger partial charge on any atom is -0.382 e. The summed E-state index contributed by atoms with van der Waals surface area (Å²) in [5.41, 5.74) is 0.299. The Balaban J connectivity index is 2.19. The van der Waals surface area contributed by atoms with Crippen molar-refractivity contribution < 1.29 is 9.31 Å². The number of nitro benzene ring substituents is 1. The molecule has 0 spiro atoms. The first kappa shape index (κ1) is 13.8. The number of nitrogens with zero attached hydrogens (tertiary/aromatic N) is 1. The van der Waals surface area contributed by atoms with Crippen LogP contribution in [0.3, 0.4) is 0 Å². The zero-order chi connectivity index (χ0) is 14.0. The summed E-state index contributed by atoms with van der Waals surface area (Å²) in [4.78, 5) is 10.0. The third-order valence-electron chi connectivity index (χ3n) is 3.99. The van der Waals surface area contributed by atoms with Crippen molar-refractivity contribution in [1.29, 1.82) is 0 Å². The van der Waals surface area contributed by atoms with E-state index in [0.717, 1.165) is 25.3 Å². The molecule has 2 rings (SSSR count). The lowest BCUT2D eigenvalue weighted by atomic mass is 9.73. The Hall–Kier alpha value is -1.65. The van der Waals surface area contributed by atoms with Crippen molar-refractivity contribution in [2.24, 2.45) is 5.41 Å². The van der Waals surface area contributed by atoms with Crippen LogP contribution in [0.2, 0.25) is 0 Å². The van der Waals surface area contributed by atoms with Crippen LogP contribution in [0.15, 0.2) is 18.2 Å². The standard InChI is InChI=1S/C14H19FN2O2/c1-14(2)8-4-3-5-13(14)16-10-6-7-11(15)12(9-10)17(18)19/h6-7,9,13,16H,3-5,8H2,1-2H3. The molecule has 104 valence electrons. The zero-order valence-corrected chi connectivity index (χ0v) is 11.3. The molecule has 1 aromatic carbocycles. The third-order valence-corrected chi connectivity index (χ3v) is 3.99. The number of hydrogen-bond acceptors (Lipinski definition) is 3. The minimum atomic E-state index is -0.793. The van der Waals surface area contributed by atoms with Gasteiger partial charge in [0.05, 0.1) is 4.92 Å². The maximum Gasteiger partial charge on any atom is 0.306 e. The van der Waals surface area contributed by atoms with E-state index in [1.54, 1.807) is 6.07 Å². The fourth-order valence-corrected chi connectivity index (χ4v) is 2.71. The SMILES string of the molecule is CC1(C)CCCCC1Nc1ccc(F)c([N+](=O)[O-])c1. The van der Waals surface area contributed by atoms with E-state index in [2.05, 4.69) is 19.2 Å². The molecule has 0 amide bonds. The van der Waals surface area contributed by atoms with Gasteiger partial charge in [0, 0.05) is 17.8 Å². The van der Waals surface area contributed by atoms with Gasteiger partial charge in [0.15, 0.2) is 0 Å². The third kappa shape index (κ3) is 3.03. The van der Waals surface area contributed by atoms with Crippen LogP contribution in [0.25, 0.3) is 0 Å². The Kier molecular flexibility index (Phi) is 3.73. The number of nitrogens with one attached hydrogen (secondary N) is 1. The van der Waals surface area contributed by atoms with Crippen LogP contribution in [-0.4, -0.2) is 11.0 Å². The van der Waals surface area contributed by atoms with Gasteiger partial charge in [-0.1, -0.05) is 26.7 Å². The number of nitro groups is 1. The van der Waals surface area contributed by atoms with Gasteiger partial charge in [0.1, 0.15) is 0 Å². The summed E-state index contributed by atoms with van der Waals surface area (Å²) in [7, 11) is 0. The first-order valence-electron chi connectivity index (χ1n) is 6.60. The molecule has 0 aliphatic heterocycles. The number of halogens is 1. The molecule has 1 saturated carbocycles. The van der Waals surface area contributed by atoms with Gasteiger partial charge in [-0.2, -0.15) is 4.39 Å². The molecular formula is C14H19FN2O2. The van der Waals surface area contributed by atoms with E-state index in [0.29, 0.717) is 5.69 Å². The lowest BCUT2D eigenvalue weighted by Gasteiger charge is -2.39. The highest BCUT2D eigenvalue weighted by Crippen LogP contribution is 2.37. The summed E-state index contributed by atoms with van der Waals surface area (Å²) in [6.07, 6.45) is 4.55. The first-order valence-corrected chi connectivity index (χ1v) is 6.60. The molecule has 4 nitrogen and oxygen atoms in total. The molecule has 0 saturated heterocycles. The molecule has 0 bridgehead atoms. The molecule has 0 aromatic heterocycles. The van der Waals surface area contributed by atoms with E-state index in [-0.39, 0.29) is 11.5 Å². The molecule has 5 heteroatoms. The van der Waals surface area contributed by atoms with E-state index in [9.17, 15) is 14.5 Å². The summed E-state index contributed by atoms with van der Waals surface area (Å²) in [5.74, 6) is -0.793. The molecule has 0 heterocycles. The Morgan fingerprint density at radius 3 is 2.79 bits per heavy atom. The molecule has 1 aliphatic rings. The van der Waals surface area contributed by atoms with Crippen molar-refractivity contribution >= 4 is 11.4 Å². The summed E-state index contributed by atoms with van der Waals surface area (Å²) < 4.78 is 13.3. The summed E-state index contributed by atoms with van der Waals surface area (Å²) >= 11 is 0. The van der Waals surface area contributed by atoms with Crippen LogP contribution < -0.4 is 5.32 Å². The van der Waals surface area contributed by atoms with Crippen LogP contribution in [0.5, 0.6) is 0 Å². The fraction of sp³-hybridized carbons (Fsp3) is 0.571. The maximum atomic E-state index is 13.3. The van der Waals surface area contributed by atoms with Crippen LogP contribution in [0, 0.1) is 21.3 Å². The van der Waals surface area contributed by atoms with Gasteiger partial charge in [0.2, 0.25) is 5.82 Å². The molecule has 1 atom stereocenters. The van der Waals surface area contributed by atoms with Gasteiger partial charge in [0.25, 0.3) is 0 Å². The molecule has 0 radical (unpaired) electrons. The number of benzene rings is 1. The number of hydrogen-bond donors (Lipinski definition) is 1. The lowest BCUT2D eigenvalue weighted by Crippen LogP contribution is -2.38. The van der Waals surface area contributed by atoms with E-state index in [1.165, 1.54) is 12.5 Å². The van der Waals surface area contributed by atoms with Crippen molar-refractivity contribution in [3.63, 3.8) is 0 Å². The van der Waals surface area contributed by atoms with Gasteiger partial charge in [-0.25, -0.2) is 0 Å². The van der Waals surface area contributed by atoms with Crippen LogP contribution in [0.1, 0.15) is 39.5 Å². The van der Waals surface area contributed by atoms with Crippen LogP contribution >= 0.6 is 0 Å². The topological polar surface area (TPSA) is 55.2 Å². The fourth-order valence-electron chi connectivity index (χ4n) is 2.71. The average Bonchev–Trinajstić information content (AvgIpc) is 2.33. The molecule has 1 N–H and O–H groups in total. The van der Waals surface area contributed by atoms with Crippen molar-refractivity contribution in [2.75, 3.05) is 5.32 Å². The highest BCUT2D eigenvalue weighted by atomic mass is 19.1. The van der Waals surface area contributed by atoms with Crippen molar-refractivity contribution in [1.82, 2.24) is 0 Å². The first-order chi connectivity index (χ1) is 8.90. The lowest BCUT2D eigenvalue weighted by molar-refractivity contribution is -0.387. The van der Waals surface area contributed by atoms with E-state index in [4.69, 9.17) is 0 Å². The van der Waals surface area contributed by atoms with Crippen molar-refractivity contribution in [3.8, 4) is 0 Å². The normalized spacial score (nSPS) is 21.9. The molecule has 1 aromatic rings. The van der Waals surface area contributed by atoms with Gasteiger partial charge in [-0.15, -0.1) is 0 Å². The van der Waals surface area contributed by atoms with Crippen molar-refractivity contribution in [3.05, 3.63) is 34.1 Å². The van der Waals surface area contributed by atoms with Gasteiger partial charge >= 0.3 is 5.69 Å². The predicted molar refractivity (Wildman–Crippen MR) is 72.7 cm³/mol. The smallest absolute Gasteiger partial charge is 0.306 e. The van der Waals surface area contributed by atoms with Crippen LogP contribution in [-0.2, 0) is 0 Å².